The molecule has 0 bridgehead atoms. The van der Waals surface area contributed by atoms with E-state index in [2.05, 4.69) is 10.3 Å². The number of halogens is 2. The van der Waals surface area contributed by atoms with Crippen LogP contribution in [0.1, 0.15) is 15.9 Å². The maximum Gasteiger partial charge on any atom is 0.261 e. The highest BCUT2D eigenvalue weighted by molar-refractivity contribution is 6.34. The minimum atomic E-state index is -0.558. The van der Waals surface area contributed by atoms with Crippen molar-refractivity contribution in [3.8, 4) is 11.3 Å². The third-order valence-corrected chi connectivity index (χ3v) is 3.99. The average Bonchev–Trinajstić information content (AvgIpc) is 2.58. The number of hydrogen-bond acceptors (Lipinski definition) is 2. The van der Waals surface area contributed by atoms with Gasteiger partial charge in [-0.05, 0) is 66.6 Å². The number of aromatic amines is 1. The van der Waals surface area contributed by atoms with Crippen LogP contribution in [-0.2, 0) is 0 Å². The number of H-pyrrole nitrogens is 1. The van der Waals surface area contributed by atoms with Gasteiger partial charge in [-0.25, -0.2) is 4.39 Å². The number of pyridine rings is 1. The number of benzene rings is 2. The molecule has 3 rings (SSSR count). The highest BCUT2D eigenvalue weighted by atomic mass is 35.5. The normalized spacial score (nSPS) is 10.5. The van der Waals surface area contributed by atoms with Crippen LogP contribution in [0.3, 0.4) is 0 Å². The SMILES string of the molecule is Cc1ccc(NC(=O)c2ccc(-c3ccc(F)cc3)[nH]c2=O)c(Cl)c1. The fourth-order valence-electron chi connectivity index (χ4n) is 2.36. The monoisotopic (exact) mass is 356 g/mol. The second kappa shape index (κ2) is 6.91. The van der Waals surface area contributed by atoms with Crippen molar-refractivity contribution in [2.24, 2.45) is 0 Å². The topological polar surface area (TPSA) is 62.0 Å². The first kappa shape index (κ1) is 16.9. The van der Waals surface area contributed by atoms with Gasteiger partial charge >= 0.3 is 0 Å². The molecule has 0 aliphatic rings. The number of amides is 1. The molecule has 2 aromatic carbocycles. The van der Waals surface area contributed by atoms with Crippen molar-refractivity contribution in [1.82, 2.24) is 4.98 Å². The van der Waals surface area contributed by atoms with Crippen molar-refractivity contribution < 1.29 is 9.18 Å². The number of aromatic nitrogens is 1. The van der Waals surface area contributed by atoms with Crippen LogP contribution in [0, 0.1) is 12.7 Å². The van der Waals surface area contributed by atoms with Crippen molar-refractivity contribution in [3.63, 3.8) is 0 Å². The van der Waals surface area contributed by atoms with Crippen LogP contribution in [0.4, 0.5) is 10.1 Å². The van der Waals surface area contributed by atoms with E-state index in [9.17, 15) is 14.0 Å². The maximum absolute atomic E-state index is 13.0. The Kier molecular flexibility index (Phi) is 4.67. The molecule has 2 N–H and O–H groups in total. The molecule has 1 amide bonds. The second-order valence-corrected chi connectivity index (χ2v) is 5.97. The molecule has 0 aliphatic carbocycles. The van der Waals surface area contributed by atoms with E-state index in [0.29, 0.717) is 22.0 Å². The Balaban J connectivity index is 1.86. The van der Waals surface area contributed by atoms with E-state index >= 15 is 0 Å². The Morgan fingerprint density at radius 3 is 2.44 bits per heavy atom. The van der Waals surface area contributed by atoms with Crippen molar-refractivity contribution in [2.75, 3.05) is 5.32 Å². The number of aryl methyl sites for hydroxylation is 1. The van der Waals surface area contributed by atoms with E-state index in [1.54, 1.807) is 30.3 Å². The molecule has 0 aliphatic heterocycles. The predicted octanol–water partition coefficient (Wildman–Crippen LogP) is 4.40. The zero-order valence-electron chi connectivity index (χ0n) is 13.3. The van der Waals surface area contributed by atoms with Gasteiger partial charge in [0.15, 0.2) is 0 Å². The lowest BCUT2D eigenvalue weighted by atomic mass is 10.1. The van der Waals surface area contributed by atoms with Gasteiger partial charge in [-0.3, -0.25) is 9.59 Å². The molecule has 0 atom stereocenters. The van der Waals surface area contributed by atoms with E-state index in [0.717, 1.165) is 5.56 Å². The molecule has 1 heterocycles. The fraction of sp³-hybridized carbons (Fsp3) is 0.0526. The number of anilines is 1. The van der Waals surface area contributed by atoms with Gasteiger partial charge in [-0.15, -0.1) is 0 Å². The van der Waals surface area contributed by atoms with Crippen molar-refractivity contribution in [1.29, 1.82) is 0 Å². The lowest BCUT2D eigenvalue weighted by Crippen LogP contribution is -2.23. The number of nitrogens with one attached hydrogen (secondary N) is 2. The molecule has 0 fully saturated rings. The van der Waals surface area contributed by atoms with Gasteiger partial charge in [0, 0.05) is 5.69 Å². The summed E-state index contributed by atoms with van der Waals surface area (Å²) in [7, 11) is 0. The number of hydrogen-bond donors (Lipinski definition) is 2. The van der Waals surface area contributed by atoms with Crippen LogP contribution in [0.15, 0.2) is 59.4 Å². The van der Waals surface area contributed by atoms with Gasteiger partial charge in [0.25, 0.3) is 11.5 Å². The van der Waals surface area contributed by atoms with Gasteiger partial charge in [0.1, 0.15) is 11.4 Å². The largest absolute Gasteiger partial charge is 0.321 e. The first-order valence-corrected chi connectivity index (χ1v) is 7.88. The zero-order valence-corrected chi connectivity index (χ0v) is 14.0. The van der Waals surface area contributed by atoms with Crippen LogP contribution >= 0.6 is 11.6 Å². The predicted molar refractivity (Wildman–Crippen MR) is 96.6 cm³/mol. The smallest absolute Gasteiger partial charge is 0.261 e. The van der Waals surface area contributed by atoms with Crippen LogP contribution in [0.5, 0.6) is 0 Å². The summed E-state index contributed by atoms with van der Waals surface area (Å²) < 4.78 is 13.0. The van der Waals surface area contributed by atoms with E-state index in [4.69, 9.17) is 11.6 Å². The third-order valence-electron chi connectivity index (χ3n) is 3.68. The lowest BCUT2D eigenvalue weighted by molar-refractivity contribution is 0.102. The highest BCUT2D eigenvalue weighted by Gasteiger charge is 2.13. The van der Waals surface area contributed by atoms with Gasteiger partial charge in [-0.2, -0.15) is 0 Å². The molecule has 0 saturated carbocycles. The van der Waals surface area contributed by atoms with E-state index < -0.39 is 11.5 Å². The summed E-state index contributed by atoms with van der Waals surface area (Å²) >= 11 is 6.09. The second-order valence-electron chi connectivity index (χ2n) is 5.56. The molecule has 126 valence electrons. The molecular weight excluding hydrogens is 343 g/mol. The third kappa shape index (κ3) is 3.78. The summed E-state index contributed by atoms with van der Waals surface area (Å²) in [5, 5.41) is 3.02. The standard InChI is InChI=1S/C19H14ClFN2O2/c1-11-2-8-17(15(20)10-11)23-19(25)14-7-9-16(22-18(14)24)12-3-5-13(21)6-4-12/h2-10H,1H3,(H,22,24)(H,23,25). The molecule has 0 saturated heterocycles. The summed E-state index contributed by atoms with van der Waals surface area (Å²) in [4.78, 5) is 27.2. The first-order valence-electron chi connectivity index (χ1n) is 7.51. The average molecular weight is 357 g/mol. The molecule has 1 aromatic heterocycles. The molecule has 0 radical (unpaired) electrons. The van der Waals surface area contributed by atoms with Gasteiger partial charge in [0.2, 0.25) is 0 Å². The Morgan fingerprint density at radius 1 is 1.08 bits per heavy atom. The molecule has 25 heavy (non-hydrogen) atoms. The summed E-state index contributed by atoms with van der Waals surface area (Å²) in [5.41, 5.74) is 1.95. The van der Waals surface area contributed by atoms with Crippen LogP contribution in [0.25, 0.3) is 11.3 Å². The van der Waals surface area contributed by atoms with E-state index in [1.165, 1.54) is 18.2 Å². The summed E-state index contributed by atoms with van der Waals surface area (Å²) in [5.74, 6) is -0.922. The summed E-state index contributed by atoms with van der Waals surface area (Å²) in [6, 6.07) is 13.9. The minimum absolute atomic E-state index is 0.0393. The van der Waals surface area contributed by atoms with Gasteiger partial charge in [0.05, 0.1) is 10.7 Å². The Morgan fingerprint density at radius 2 is 1.80 bits per heavy atom. The molecule has 0 unspecified atom stereocenters. The van der Waals surface area contributed by atoms with Crippen molar-refractivity contribution in [2.45, 2.75) is 6.92 Å². The highest BCUT2D eigenvalue weighted by Crippen LogP contribution is 2.23. The van der Waals surface area contributed by atoms with Gasteiger partial charge < -0.3 is 10.3 Å². The number of carbonyl (C=O) groups excluding carboxylic acids is 1. The molecule has 4 nitrogen and oxygen atoms in total. The molecule has 0 spiro atoms. The minimum Gasteiger partial charge on any atom is -0.321 e. The van der Waals surface area contributed by atoms with Crippen LogP contribution in [-0.4, -0.2) is 10.9 Å². The molecule has 3 aromatic rings. The Labute approximate surface area is 148 Å². The van der Waals surface area contributed by atoms with Crippen molar-refractivity contribution in [3.05, 3.63) is 86.9 Å². The molecule has 6 heteroatoms. The Bertz CT molecular complexity index is 997. The van der Waals surface area contributed by atoms with E-state index in [-0.39, 0.29) is 11.4 Å². The summed E-state index contributed by atoms with van der Waals surface area (Å²) in [6.45, 7) is 1.89. The number of rotatable bonds is 3. The maximum atomic E-state index is 13.0. The molecular formula is C19H14ClFN2O2. The zero-order chi connectivity index (χ0) is 18.0. The van der Waals surface area contributed by atoms with Crippen LogP contribution < -0.4 is 10.9 Å². The van der Waals surface area contributed by atoms with Gasteiger partial charge in [-0.1, -0.05) is 17.7 Å². The quantitative estimate of drug-likeness (QED) is 0.730. The first-order chi connectivity index (χ1) is 11.9. The Hall–Kier alpha value is -2.92. The number of carbonyl (C=O) groups is 1. The van der Waals surface area contributed by atoms with E-state index in [1.807, 2.05) is 13.0 Å². The summed E-state index contributed by atoms with van der Waals surface area (Å²) in [6.07, 6.45) is 0. The van der Waals surface area contributed by atoms with Crippen LogP contribution in [0.2, 0.25) is 5.02 Å². The fourth-order valence-corrected chi connectivity index (χ4v) is 2.64. The van der Waals surface area contributed by atoms with Crippen molar-refractivity contribution >= 4 is 23.2 Å². The lowest BCUT2D eigenvalue weighted by Gasteiger charge is -2.08.